The molecule has 0 bridgehead atoms. The molecule has 1 aromatic carbocycles. The quantitative estimate of drug-likeness (QED) is 0.865. The summed E-state index contributed by atoms with van der Waals surface area (Å²) < 4.78 is 4.79. The van der Waals surface area contributed by atoms with E-state index in [1.165, 1.54) is 7.11 Å². The van der Waals surface area contributed by atoms with Crippen molar-refractivity contribution in [2.75, 3.05) is 20.2 Å². The van der Waals surface area contributed by atoms with Gasteiger partial charge in [0.2, 0.25) is 0 Å². The van der Waals surface area contributed by atoms with E-state index in [-0.39, 0.29) is 17.8 Å². The Morgan fingerprint density at radius 1 is 1.41 bits per heavy atom. The predicted octanol–water partition coefficient (Wildman–Crippen LogP) is 2.85. The van der Waals surface area contributed by atoms with Crippen molar-refractivity contribution in [3.8, 4) is 0 Å². The fraction of sp³-hybridized carbons (Fsp3) is 0.375. The van der Waals surface area contributed by atoms with Crippen LogP contribution in [0.3, 0.4) is 0 Å². The van der Waals surface area contributed by atoms with E-state index in [4.69, 9.17) is 16.3 Å². The number of ether oxygens (including phenoxy) is 1. The number of methoxy groups -OCH3 is 1. The van der Waals surface area contributed by atoms with Gasteiger partial charge < -0.3 is 14.6 Å². The SMILES string of the molecule is COC(=O)C1CCCN(C(=O)c2cc3cccc(Cl)c3[nH]2)C1. The second-order valence-electron chi connectivity index (χ2n) is 5.50. The zero-order valence-corrected chi connectivity index (χ0v) is 13.0. The molecule has 1 saturated heterocycles. The molecule has 2 aromatic rings. The van der Waals surface area contributed by atoms with Gasteiger partial charge in [0.05, 0.1) is 23.6 Å². The molecule has 116 valence electrons. The van der Waals surface area contributed by atoms with Gasteiger partial charge in [-0.15, -0.1) is 0 Å². The Hall–Kier alpha value is -2.01. The summed E-state index contributed by atoms with van der Waals surface area (Å²) in [7, 11) is 1.38. The summed E-state index contributed by atoms with van der Waals surface area (Å²) >= 11 is 6.13. The molecule has 1 aliphatic heterocycles. The molecule has 1 unspecified atom stereocenters. The molecule has 1 N–H and O–H groups in total. The largest absolute Gasteiger partial charge is 0.469 e. The van der Waals surface area contributed by atoms with Crippen LogP contribution in [0.1, 0.15) is 23.3 Å². The molecule has 0 saturated carbocycles. The summed E-state index contributed by atoms with van der Waals surface area (Å²) in [5, 5.41) is 1.49. The van der Waals surface area contributed by atoms with E-state index in [1.54, 1.807) is 17.0 Å². The number of para-hydroxylation sites is 1. The van der Waals surface area contributed by atoms with Crippen LogP contribution in [0.25, 0.3) is 10.9 Å². The van der Waals surface area contributed by atoms with Crippen molar-refractivity contribution in [3.05, 3.63) is 35.0 Å². The molecule has 3 rings (SSSR count). The van der Waals surface area contributed by atoms with Crippen LogP contribution in [-0.4, -0.2) is 42.0 Å². The van der Waals surface area contributed by atoms with E-state index in [9.17, 15) is 9.59 Å². The number of nitrogens with one attached hydrogen (secondary N) is 1. The maximum atomic E-state index is 12.6. The Morgan fingerprint density at radius 3 is 2.95 bits per heavy atom. The lowest BCUT2D eigenvalue weighted by atomic mass is 9.98. The van der Waals surface area contributed by atoms with Crippen molar-refractivity contribution in [2.45, 2.75) is 12.8 Å². The molecule has 1 atom stereocenters. The Bertz CT molecular complexity index is 725. The van der Waals surface area contributed by atoms with E-state index in [0.29, 0.717) is 23.8 Å². The summed E-state index contributed by atoms with van der Waals surface area (Å²) in [6.45, 7) is 1.05. The molecular weight excluding hydrogens is 304 g/mol. The molecule has 1 fully saturated rings. The first-order valence-electron chi connectivity index (χ1n) is 7.24. The van der Waals surface area contributed by atoms with Gasteiger partial charge in [-0.2, -0.15) is 0 Å². The summed E-state index contributed by atoms with van der Waals surface area (Å²) in [6, 6.07) is 7.33. The molecule has 6 heteroatoms. The number of benzene rings is 1. The summed E-state index contributed by atoms with van der Waals surface area (Å²) in [4.78, 5) is 29.1. The van der Waals surface area contributed by atoms with Gasteiger partial charge in [-0.1, -0.05) is 23.7 Å². The second-order valence-corrected chi connectivity index (χ2v) is 5.91. The molecule has 22 heavy (non-hydrogen) atoms. The number of carbonyl (C=O) groups excluding carboxylic acids is 2. The number of carbonyl (C=O) groups is 2. The van der Waals surface area contributed by atoms with Crippen LogP contribution < -0.4 is 0 Å². The van der Waals surface area contributed by atoms with Gasteiger partial charge in [0.15, 0.2) is 0 Å². The standard InChI is InChI=1S/C16H17ClN2O3/c1-22-16(21)11-5-3-7-19(9-11)15(20)13-8-10-4-2-6-12(17)14(10)18-13/h2,4,6,8,11,18H,3,5,7,9H2,1H3. The number of aromatic nitrogens is 1. The van der Waals surface area contributed by atoms with Gasteiger partial charge in [0.1, 0.15) is 5.69 Å². The summed E-state index contributed by atoms with van der Waals surface area (Å²) in [6.07, 6.45) is 1.56. The monoisotopic (exact) mass is 320 g/mol. The number of fused-ring (bicyclic) bond motifs is 1. The van der Waals surface area contributed by atoms with Gasteiger partial charge in [0, 0.05) is 18.5 Å². The van der Waals surface area contributed by atoms with Crippen molar-refractivity contribution in [1.82, 2.24) is 9.88 Å². The number of halogens is 1. The van der Waals surface area contributed by atoms with Crippen molar-refractivity contribution in [2.24, 2.45) is 5.92 Å². The van der Waals surface area contributed by atoms with Crippen molar-refractivity contribution in [1.29, 1.82) is 0 Å². The van der Waals surface area contributed by atoms with E-state index >= 15 is 0 Å². The van der Waals surface area contributed by atoms with Crippen molar-refractivity contribution >= 4 is 34.4 Å². The Kier molecular flexibility index (Phi) is 4.07. The van der Waals surface area contributed by atoms with Crippen LogP contribution in [0.4, 0.5) is 0 Å². The van der Waals surface area contributed by atoms with E-state index in [1.807, 2.05) is 12.1 Å². The average Bonchev–Trinajstić information content (AvgIpc) is 2.99. The van der Waals surface area contributed by atoms with Gasteiger partial charge >= 0.3 is 5.97 Å². The van der Waals surface area contributed by atoms with Gasteiger partial charge in [-0.05, 0) is 25.0 Å². The number of H-pyrrole nitrogens is 1. The predicted molar refractivity (Wildman–Crippen MR) is 84.0 cm³/mol. The molecule has 1 aliphatic rings. The Labute approximate surface area is 133 Å². The lowest BCUT2D eigenvalue weighted by molar-refractivity contribution is -0.146. The number of hydrogen-bond acceptors (Lipinski definition) is 3. The number of likely N-dealkylation sites (tertiary alicyclic amines) is 1. The zero-order chi connectivity index (χ0) is 15.7. The Morgan fingerprint density at radius 2 is 2.23 bits per heavy atom. The minimum atomic E-state index is -0.253. The normalized spacial score (nSPS) is 18.5. The molecule has 1 amide bonds. The maximum Gasteiger partial charge on any atom is 0.310 e. The van der Waals surface area contributed by atoms with E-state index < -0.39 is 0 Å². The molecule has 0 radical (unpaired) electrons. The number of rotatable bonds is 2. The average molecular weight is 321 g/mol. The maximum absolute atomic E-state index is 12.6. The minimum absolute atomic E-state index is 0.110. The van der Waals surface area contributed by atoms with E-state index in [0.717, 1.165) is 23.7 Å². The molecule has 5 nitrogen and oxygen atoms in total. The number of amides is 1. The summed E-state index contributed by atoms with van der Waals surface area (Å²) in [5.41, 5.74) is 1.25. The number of esters is 1. The second kappa shape index (κ2) is 6.01. The topological polar surface area (TPSA) is 62.4 Å². The Balaban J connectivity index is 1.83. The third-order valence-corrected chi connectivity index (χ3v) is 4.39. The van der Waals surface area contributed by atoms with E-state index in [2.05, 4.69) is 4.98 Å². The van der Waals surface area contributed by atoms with Crippen LogP contribution in [0.15, 0.2) is 24.3 Å². The first-order chi connectivity index (χ1) is 10.6. The number of aromatic amines is 1. The first-order valence-corrected chi connectivity index (χ1v) is 7.62. The van der Waals surface area contributed by atoms with Crippen LogP contribution in [0.2, 0.25) is 5.02 Å². The molecular formula is C16H17ClN2O3. The fourth-order valence-electron chi connectivity index (χ4n) is 2.93. The first kappa shape index (κ1) is 14.9. The lowest BCUT2D eigenvalue weighted by Crippen LogP contribution is -2.42. The number of nitrogens with zero attached hydrogens (tertiary/aromatic N) is 1. The molecule has 0 aliphatic carbocycles. The highest BCUT2D eigenvalue weighted by Crippen LogP contribution is 2.25. The third-order valence-electron chi connectivity index (χ3n) is 4.08. The van der Waals surface area contributed by atoms with Crippen LogP contribution in [0.5, 0.6) is 0 Å². The van der Waals surface area contributed by atoms with Crippen molar-refractivity contribution < 1.29 is 14.3 Å². The number of piperidine rings is 1. The van der Waals surface area contributed by atoms with Crippen molar-refractivity contribution in [3.63, 3.8) is 0 Å². The minimum Gasteiger partial charge on any atom is -0.469 e. The fourth-order valence-corrected chi connectivity index (χ4v) is 3.15. The highest BCUT2D eigenvalue weighted by molar-refractivity contribution is 6.35. The lowest BCUT2D eigenvalue weighted by Gasteiger charge is -2.31. The molecule has 0 spiro atoms. The summed E-state index contributed by atoms with van der Waals surface area (Å²) in [5.74, 6) is -0.603. The van der Waals surface area contributed by atoms with Crippen LogP contribution >= 0.6 is 11.6 Å². The highest BCUT2D eigenvalue weighted by atomic mass is 35.5. The van der Waals surface area contributed by atoms with Crippen LogP contribution in [0, 0.1) is 5.92 Å². The van der Waals surface area contributed by atoms with Gasteiger partial charge in [-0.3, -0.25) is 9.59 Å². The smallest absolute Gasteiger partial charge is 0.310 e. The number of hydrogen-bond donors (Lipinski definition) is 1. The highest BCUT2D eigenvalue weighted by Gasteiger charge is 2.30. The van der Waals surface area contributed by atoms with Crippen LogP contribution in [-0.2, 0) is 9.53 Å². The third kappa shape index (κ3) is 2.68. The molecule has 2 heterocycles. The zero-order valence-electron chi connectivity index (χ0n) is 12.3. The van der Waals surface area contributed by atoms with Gasteiger partial charge in [0.25, 0.3) is 5.91 Å². The van der Waals surface area contributed by atoms with Gasteiger partial charge in [-0.25, -0.2) is 0 Å². The molecule has 1 aromatic heterocycles.